The first kappa shape index (κ1) is 66.9. The number of hydrogen-bond donors (Lipinski definition) is 7. The summed E-state index contributed by atoms with van der Waals surface area (Å²) in [6, 6.07) is 19.8. The van der Waals surface area contributed by atoms with E-state index in [1.165, 1.54) is 7.11 Å². The second kappa shape index (κ2) is 29.7. The number of carbonyl (C=O) groups is 5. The fourth-order valence-electron chi connectivity index (χ4n) is 11.8. The van der Waals surface area contributed by atoms with Crippen molar-refractivity contribution >= 4 is 47.0 Å². The third-order valence-electron chi connectivity index (χ3n) is 16.6. The van der Waals surface area contributed by atoms with Crippen molar-refractivity contribution in [2.24, 2.45) is 23.7 Å². The Morgan fingerprint density at radius 3 is 2.18 bits per heavy atom. The average molecular weight is 1180 g/mol. The second-order valence-corrected chi connectivity index (χ2v) is 24.7. The molecule has 17 atom stereocenters. The summed E-state index contributed by atoms with van der Waals surface area (Å²) in [6.45, 7) is 16.1. The van der Waals surface area contributed by atoms with Gasteiger partial charge in [0.05, 0.1) is 41.5 Å². The molecule has 20 nitrogen and oxygen atoms in total. The highest BCUT2D eigenvalue weighted by Gasteiger charge is 2.51. The molecule has 0 radical (unpaired) electrons. The quantitative estimate of drug-likeness (QED) is 0.0869. The van der Waals surface area contributed by atoms with Crippen molar-refractivity contribution in [2.75, 3.05) is 40.1 Å². The number of ether oxygens (including phenoxy) is 6. The molecule has 3 aliphatic rings. The third-order valence-corrected chi connectivity index (χ3v) is 16.9. The van der Waals surface area contributed by atoms with Crippen molar-refractivity contribution in [3.63, 3.8) is 0 Å². The normalized spacial score (nSPS) is 33.0. The standard InChI is InChI=1S/C62H91ClN6O14/c1-35(2)51-58(75)65-45(28-41-23-25-44(26-24-41)64-57(74)47(29-43-21-17-18-22-46(43)63)66-60(76)79-34-42-19-15-14-16-20-42)30-49(70)69(12)33-36(3)31-61(8,77)55(83-59-52(71)48(68(10)11)27-37(4)80-59)38(5)53(39(6)56(73)67-51)82-50-32-62(9,78-13)54(72)40(7)81-50/h14-26,35-40,45,47-48,50-55,59,71-72,77H,27-34H2,1-13H3,(H,64,74)(H,65,75)(H,66,76)(H,67,73)/t36-,37-,38+,39-,40+,45-,47+,48+,50+,51+,52-,53+,54+,55-,59+,61-,62-/m1/s1. The molecule has 3 fully saturated rings. The first-order chi connectivity index (χ1) is 39.1. The highest BCUT2D eigenvalue weighted by molar-refractivity contribution is 6.31. The third kappa shape index (κ3) is 18.1. The minimum Gasteiger partial charge on any atom is -0.445 e. The molecule has 0 bridgehead atoms. The monoisotopic (exact) mass is 1180 g/mol. The first-order valence-electron chi connectivity index (χ1n) is 29.0. The van der Waals surface area contributed by atoms with Crippen LogP contribution in [0.4, 0.5) is 10.5 Å². The van der Waals surface area contributed by atoms with Gasteiger partial charge in [-0.3, -0.25) is 19.2 Å². The van der Waals surface area contributed by atoms with Gasteiger partial charge < -0.3 is 74.8 Å². The number of alkyl carbamates (subject to hydrolysis) is 1. The maximum Gasteiger partial charge on any atom is 0.408 e. The van der Waals surface area contributed by atoms with Crippen molar-refractivity contribution < 1.29 is 67.7 Å². The molecule has 0 unspecified atom stereocenters. The number of anilines is 1. The van der Waals surface area contributed by atoms with Crippen molar-refractivity contribution in [2.45, 2.75) is 192 Å². The van der Waals surface area contributed by atoms with Gasteiger partial charge in [0.15, 0.2) is 12.6 Å². The van der Waals surface area contributed by atoms with Gasteiger partial charge in [0.2, 0.25) is 23.6 Å². The SMILES string of the molecule is CO[C@]1(C)C[C@H](O[C@H]2[C@H](C)[C@@H](O[C@@H]3O[C@H](C)C[C@H](N(C)C)[C@H]3O)[C@](C)(O)C[C@@H](C)CN(C)C(=O)C[C@@H](Cc3ccc(NC(=O)[C@H](Cc4ccccc4Cl)NC(=O)OCc4ccccc4)cc3)NC(=O)[C@H](C(C)C)NC(=O)[C@@H]2C)O[C@@H](C)[C@@H]1O. The molecule has 3 aromatic carbocycles. The van der Waals surface area contributed by atoms with E-state index in [1.54, 1.807) is 109 Å². The predicted molar refractivity (Wildman–Crippen MR) is 314 cm³/mol. The second-order valence-electron chi connectivity index (χ2n) is 24.3. The zero-order chi connectivity index (χ0) is 61.1. The van der Waals surface area contributed by atoms with E-state index < -0.39 is 114 Å². The molecular formula is C62H91ClN6O14. The fourth-order valence-corrected chi connectivity index (χ4v) is 12.0. The van der Waals surface area contributed by atoms with E-state index in [0.29, 0.717) is 28.3 Å². The van der Waals surface area contributed by atoms with Crippen LogP contribution in [0.15, 0.2) is 78.9 Å². The molecular weight excluding hydrogens is 1090 g/mol. The van der Waals surface area contributed by atoms with Crippen molar-refractivity contribution in [1.29, 1.82) is 0 Å². The summed E-state index contributed by atoms with van der Waals surface area (Å²) in [4.78, 5) is 74.4. The van der Waals surface area contributed by atoms with Gasteiger partial charge in [-0.25, -0.2) is 4.79 Å². The Morgan fingerprint density at radius 2 is 1.54 bits per heavy atom. The van der Waals surface area contributed by atoms with Crippen molar-refractivity contribution in [3.8, 4) is 0 Å². The lowest BCUT2D eigenvalue weighted by atomic mass is 9.77. The van der Waals surface area contributed by atoms with Gasteiger partial charge in [-0.05, 0) is 108 Å². The van der Waals surface area contributed by atoms with Crippen LogP contribution in [0.3, 0.4) is 0 Å². The Labute approximate surface area is 494 Å². The number of benzene rings is 3. The molecule has 3 aromatic rings. The summed E-state index contributed by atoms with van der Waals surface area (Å²) in [7, 11) is 6.88. The molecule has 6 rings (SSSR count). The number of amides is 5. The van der Waals surface area contributed by atoms with E-state index in [-0.39, 0.29) is 69.2 Å². The number of likely N-dealkylation sites (N-methyl/N-ethyl adjacent to an activating group) is 1. The molecule has 7 N–H and O–H groups in total. The van der Waals surface area contributed by atoms with Gasteiger partial charge >= 0.3 is 6.09 Å². The van der Waals surface area contributed by atoms with Gasteiger partial charge in [0.25, 0.3) is 0 Å². The lowest BCUT2D eigenvalue weighted by Gasteiger charge is -2.49. The maximum absolute atomic E-state index is 14.9. The average Bonchev–Trinajstić information content (AvgIpc) is 3.50. The largest absolute Gasteiger partial charge is 0.445 e. The number of methoxy groups -OCH3 is 1. The number of nitrogens with one attached hydrogen (secondary N) is 4. The number of hydrogen-bond acceptors (Lipinski definition) is 15. The molecule has 83 heavy (non-hydrogen) atoms. The van der Waals surface area contributed by atoms with Gasteiger partial charge in [-0.15, -0.1) is 0 Å². The molecule has 460 valence electrons. The number of carbonyl (C=O) groups excluding carboxylic acids is 5. The Hall–Kier alpha value is -5.26. The topological polar surface area (TPSA) is 256 Å². The van der Waals surface area contributed by atoms with Crippen molar-refractivity contribution in [1.82, 2.24) is 25.8 Å². The zero-order valence-electron chi connectivity index (χ0n) is 50.5. The first-order valence-corrected chi connectivity index (χ1v) is 29.3. The summed E-state index contributed by atoms with van der Waals surface area (Å²) in [5, 5.41) is 47.9. The van der Waals surface area contributed by atoms with E-state index in [4.69, 9.17) is 40.0 Å². The molecule has 3 saturated heterocycles. The van der Waals surface area contributed by atoms with Crippen LogP contribution in [0.1, 0.15) is 105 Å². The Bertz CT molecular complexity index is 2620. The number of aliphatic hydroxyl groups excluding tert-OH is 2. The zero-order valence-corrected chi connectivity index (χ0v) is 51.3. The molecule has 0 spiro atoms. The summed E-state index contributed by atoms with van der Waals surface area (Å²) in [5.74, 6) is -4.61. The minimum absolute atomic E-state index is 0.00164. The number of rotatable bonds is 16. The highest BCUT2D eigenvalue weighted by Crippen LogP contribution is 2.39. The molecule has 21 heteroatoms. The van der Waals surface area contributed by atoms with Crippen LogP contribution in [-0.4, -0.2) is 174 Å². The van der Waals surface area contributed by atoms with Crippen LogP contribution < -0.4 is 21.3 Å². The van der Waals surface area contributed by atoms with Gasteiger partial charge in [-0.1, -0.05) is 107 Å². The van der Waals surface area contributed by atoms with Crippen LogP contribution >= 0.6 is 11.6 Å². The minimum atomic E-state index is -1.71. The lowest BCUT2D eigenvalue weighted by molar-refractivity contribution is -0.317. The number of nitrogens with zero attached hydrogens (tertiary/aromatic N) is 2. The predicted octanol–water partition coefficient (Wildman–Crippen LogP) is 5.99. The van der Waals surface area contributed by atoms with Crippen LogP contribution in [0.25, 0.3) is 0 Å². The van der Waals surface area contributed by atoms with Crippen LogP contribution in [0.2, 0.25) is 5.02 Å². The fraction of sp³-hybridized carbons (Fsp3) is 0.629. The molecule has 0 aliphatic carbocycles. The number of aliphatic hydroxyl groups is 3. The van der Waals surface area contributed by atoms with Gasteiger partial charge in [0.1, 0.15) is 30.9 Å². The molecule has 5 amide bonds. The van der Waals surface area contributed by atoms with E-state index in [9.17, 15) is 39.3 Å². The molecule has 0 aromatic heterocycles. The maximum atomic E-state index is 14.9. The Balaban J connectivity index is 1.28. The molecule has 0 saturated carbocycles. The van der Waals surface area contributed by atoms with E-state index in [0.717, 1.165) is 5.56 Å². The molecule has 3 heterocycles. The highest BCUT2D eigenvalue weighted by atomic mass is 35.5. The van der Waals surface area contributed by atoms with E-state index in [2.05, 4.69) is 21.3 Å². The van der Waals surface area contributed by atoms with Crippen molar-refractivity contribution in [3.05, 3.63) is 101 Å². The van der Waals surface area contributed by atoms with E-state index >= 15 is 0 Å². The summed E-state index contributed by atoms with van der Waals surface area (Å²) < 4.78 is 37.5. The summed E-state index contributed by atoms with van der Waals surface area (Å²) >= 11 is 6.49. The Morgan fingerprint density at radius 1 is 0.880 bits per heavy atom. The van der Waals surface area contributed by atoms with E-state index in [1.807, 2.05) is 63.2 Å². The summed E-state index contributed by atoms with van der Waals surface area (Å²) in [5.41, 5.74) is -0.274. The van der Waals surface area contributed by atoms with Crippen LogP contribution in [0, 0.1) is 23.7 Å². The smallest absolute Gasteiger partial charge is 0.408 e. The van der Waals surface area contributed by atoms with Gasteiger partial charge in [-0.2, -0.15) is 0 Å². The lowest BCUT2D eigenvalue weighted by Crippen LogP contribution is -2.61. The van der Waals surface area contributed by atoms with Crippen LogP contribution in [0.5, 0.6) is 0 Å². The number of halogens is 1. The molecule has 3 aliphatic heterocycles. The Kier molecular flexibility index (Phi) is 23.9. The van der Waals surface area contributed by atoms with Gasteiger partial charge in [0, 0.05) is 68.7 Å². The summed E-state index contributed by atoms with van der Waals surface area (Å²) in [6.07, 6.45) is -7.71. The van der Waals surface area contributed by atoms with Crippen LogP contribution in [-0.2, 0) is 67.0 Å².